The Kier molecular flexibility index (Phi) is 5.38. The summed E-state index contributed by atoms with van der Waals surface area (Å²) in [6.07, 6.45) is 2.67. The summed E-state index contributed by atoms with van der Waals surface area (Å²) in [6, 6.07) is 0.173. The number of nitrogens with one attached hydrogen (secondary N) is 1. The lowest BCUT2D eigenvalue weighted by atomic mass is 10.2. The molecule has 1 aliphatic rings. The maximum absolute atomic E-state index is 11.4. The highest BCUT2D eigenvalue weighted by molar-refractivity contribution is 5.85. The van der Waals surface area contributed by atoms with Gasteiger partial charge in [0, 0.05) is 12.1 Å². The Morgan fingerprint density at radius 3 is 2.40 bits per heavy atom. The van der Waals surface area contributed by atoms with Crippen molar-refractivity contribution < 1.29 is 9.53 Å². The number of hydrogen-bond donors (Lipinski definition) is 2. The minimum Gasteiger partial charge on any atom is -0.444 e. The highest BCUT2D eigenvalue weighted by Crippen LogP contribution is 2.17. The van der Waals surface area contributed by atoms with Gasteiger partial charge >= 0.3 is 6.09 Å². The van der Waals surface area contributed by atoms with Gasteiger partial charge in [-0.15, -0.1) is 12.4 Å². The van der Waals surface area contributed by atoms with Crippen LogP contribution in [0.5, 0.6) is 0 Å². The van der Waals surface area contributed by atoms with E-state index in [4.69, 9.17) is 10.5 Å². The first kappa shape index (κ1) is 14.5. The van der Waals surface area contributed by atoms with Gasteiger partial charge in [0.1, 0.15) is 5.60 Å². The van der Waals surface area contributed by atoms with Crippen LogP contribution in [0, 0.1) is 0 Å². The number of nitrogens with two attached hydrogens (primary N) is 1. The average Bonchev–Trinajstić information content (AvgIpc) is 2.32. The molecule has 1 rings (SSSR count). The molecular formula is C10H21ClN2O2. The summed E-state index contributed by atoms with van der Waals surface area (Å²) in [4.78, 5) is 11.4. The molecule has 0 aromatic heterocycles. The standard InChI is InChI=1S/C10H20N2O2.ClH/c1-10(2,3)14-9(13)12-8-6-4-5-7(8)11;/h7-8H,4-6,11H2,1-3H3,(H,12,13);1H/t7-,8-;/m1./s1. The van der Waals surface area contributed by atoms with Crippen LogP contribution in [-0.2, 0) is 4.74 Å². The van der Waals surface area contributed by atoms with Crippen molar-refractivity contribution in [3.8, 4) is 0 Å². The molecule has 0 radical (unpaired) electrons. The van der Waals surface area contributed by atoms with Crippen LogP contribution in [0.2, 0.25) is 0 Å². The van der Waals surface area contributed by atoms with Crippen LogP contribution in [0.25, 0.3) is 0 Å². The summed E-state index contributed by atoms with van der Waals surface area (Å²) in [5, 5.41) is 2.80. The Morgan fingerprint density at radius 2 is 2.00 bits per heavy atom. The van der Waals surface area contributed by atoms with E-state index in [-0.39, 0.29) is 30.6 Å². The van der Waals surface area contributed by atoms with E-state index >= 15 is 0 Å². The molecule has 1 fully saturated rings. The fraction of sp³-hybridized carbons (Fsp3) is 0.900. The Hall–Kier alpha value is -0.480. The van der Waals surface area contributed by atoms with E-state index in [1.54, 1.807) is 0 Å². The predicted octanol–water partition coefficient (Wildman–Crippen LogP) is 1.81. The van der Waals surface area contributed by atoms with Crippen LogP contribution in [0.4, 0.5) is 4.79 Å². The van der Waals surface area contributed by atoms with E-state index in [1.165, 1.54) is 0 Å². The summed E-state index contributed by atoms with van der Waals surface area (Å²) in [7, 11) is 0. The van der Waals surface area contributed by atoms with E-state index in [1.807, 2.05) is 20.8 Å². The van der Waals surface area contributed by atoms with E-state index in [0.717, 1.165) is 19.3 Å². The molecule has 1 amide bonds. The number of carbonyl (C=O) groups excluding carboxylic acids is 1. The predicted molar refractivity (Wildman–Crippen MR) is 62.2 cm³/mol. The normalized spacial score (nSPS) is 25.6. The third kappa shape index (κ3) is 5.23. The zero-order valence-corrected chi connectivity index (χ0v) is 10.4. The zero-order chi connectivity index (χ0) is 10.8. The number of carbonyl (C=O) groups is 1. The molecular weight excluding hydrogens is 216 g/mol. The van der Waals surface area contributed by atoms with E-state index in [0.29, 0.717) is 0 Å². The second-order valence-corrected chi connectivity index (χ2v) is 4.85. The summed E-state index contributed by atoms with van der Waals surface area (Å²) >= 11 is 0. The first-order valence-corrected chi connectivity index (χ1v) is 5.13. The number of amides is 1. The van der Waals surface area contributed by atoms with Gasteiger partial charge in [-0.3, -0.25) is 0 Å². The molecule has 1 aliphatic carbocycles. The highest BCUT2D eigenvalue weighted by Gasteiger charge is 2.27. The van der Waals surface area contributed by atoms with Crippen molar-refractivity contribution in [1.29, 1.82) is 0 Å². The van der Waals surface area contributed by atoms with Crippen molar-refractivity contribution in [2.75, 3.05) is 0 Å². The molecule has 0 aromatic carbocycles. The van der Waals surface area contributed by atoms with Crippen molar-refractivity contribution in [2.45, 2.75) is 57.7 Å². The second kappa shape index (κ2) is 5.56. The smallest absolute Gasteiger partial charge is 0.407 e. The lowest BCUT2D eigenvalue weighted by molar-refractivity contribution is 0.0501. The molecule has 3 N–H and O–H groups in total. The first-order chi connectivity index (χ1) is 6.38. The van der Waals surface area contributed by atoms with E-state index in [2.05, 4.69) is 5.32 Å². The molecule has 90 valence electrons. The van der Waals surface area contributed by atoms with Crippen LogP contribution in [0.1, 0.15) is 40.0 Å². The quantitative estimate of drug-likeness (QED) is 0.730. The molecule has 0 unspecified atom stereocenters. The highest BCUT2D eigenvalue weighted by atomic mass is 35.5. The molecule has 2 atom stereocenters. The lowest BCUT2D eigenvalue weighted by Gasteiger charge is -2.23. The molecule has 0 saturated heterocycles. The molecule has 0 spiro atoms. The number of ether oxygens (including phenoxy) is 1. The van der Waals surface area contributed by atoms with Crippen LogP contribution in [-0.4, -0.2) is 23.8 Å². The van der Waals surface area contributed by atoms with Crippen LogP contribution < -0.4 is 11.1 Å². The van der Waals surface area contributed by atoms with Crippen LogP contribution >= 0.6 is 12.4 Å². The number of halogens is 1. The summed E-state index contributed by atoms with van der Waals surface area (Å²) in [5.74, 6) is 0. The fourth-order valence-electron chi connectivity index (χ4n) is 1.63. The maximum atomic E-state index is 11.4. The third-order valence-electron chi connectivity index (χ3n) is 2.27. The molecule has 5 heteroatoms. The Morgan fingerprint density at radius 1 is 1.40 bits per heavy atom. The van der Waals surface area contributed by atoms with Gasteiger partial charge in [0.2, 0.25) is 0 Å². The van der Waals surface area contributed by atoms with Gasteiger partial charge < -0.3 is 15.8 Å². The molecule has 0 bridgehead atoms. The monoisotopic (exact) mass is 236 g/mol. The SMILES string of the molecule is CC(C)(C)OC(=O)N[C@@H]1CCC[C@H]1N.Cl. The lowest BCUT2D eigenvalue weighted by Crippen LogP contribution is -2.45. The number of hydrogen-bond acceptors (Lipinski definition) is 3. The number of alkyl carbamates (subject to hydrolysis) is 1. The van der Waals surface area contributed by atoms with Gasteiger partial charge in [-0.25, -0.2) is 4.79 Å². The average molecular weight is 237 g/mol. The van der Waals surface area contributed by atoms with Crippen molar-refractivity contribution in [3.63, 3.8) is 0 Å². The minimum absolute atomic E-state index is 0. The van der Waals surface area contributed by atoms with Crippen LogP contribution in [0.15, 0.2) is 0 Å². The first-order valence-electron chi connectivity index (χ1n) is 5.13. The maximum Gasteiger partial charge on any atom is 0.407 e. The van der Waals surface area contributed by atoms with Crippen molar-refractivity contribution in [1.82, 2.24) is 5.32 Å². The Labute approximate surface area is 97.3 Å². The third-order valence-corrected chi connectivity index (χ3v) is 2.27. The molecule has 4 nitrogen and oxygen atoms in total. The molecule has 1 saturated carbocycles. The van der Waals surface area contributed by atoms with E-state index in [9.17, 15) is 4.79 Å². The van der Waals surface area contributed by atoms with Crippen molar-refractivity contribution >= 4 is 18.5 Å². The Bertz CT molecular complexity index is 216. The van der Waals surface area contributed by atoms with Gasteiger partial charge in [0.25, 0.3) is 0 Å². The van der Waals surface area contributed by atoms with Crippen molar-refractivity contribution in [3.05, 3.63) is 0 Å². The van der Waals surface area contributed by atoms with Gasteiger partial charge in [0.15, 0.2) is 0 Å². The minimum atomic E-state index is -0.438. The summed E-state index contributed by atoms with van der Waals surface area (Å²) in [5.41, 5.74) is 5.38. The second-order valence-electron chi connectivity index (χ2n) is 4.85. The zero-order valence-electron chi connectivity index (χ0n) is 9.58. The summed E-state index contributed by atoms with van der Waals surface area (Å²) in [6.45, 7) is 5.55. The summed E-state index contributed by atoms with van der Waals surface area (Å²) < 4.78 is 5.14. The molecule has 15 heavy (non-hydrogen) atoms. The number of rotatable bonds is 1. The molecule has 0 aliphatic heterocycles. The molecule has 0 heterocycles. The fourth-order valence-corrected chi connectivity index (χ4v) is 1.63. The largest absolute Gasteiger partial charge is 0.444 e. The van der Waals surface area contributed by atoms with Crippen LogP contribution in [0.3, 0.4) is 0 Å². The van der Waals surface area contributed by atoms with Gasteiger partial charge in [-0.1, -0.05) is 0 Å². The van der Waals surface area contributed by atoms with Gasteiger partial charge in [-0.2, -0.15) is 0 Å². The molecule has 0 aromatic rings. The van der Waals surface area contributed by atoms with E-state index < -0.39 is 5.60 Å². The van der Waals surface area contributed by atoms with Gasteiger partial charge in [-0.05, 0) is 40.0 Å². The van der Waals surface area contributed by atoms with Gasteiger partial charge in [0.05, 0.1) is 0 Å². The Balaban J connectivity index is 0.00000196. The topological polar surface area (TPSA) is 64.3 Å². The van der Waals surface area contributed by atoms with Crippen molar-refractivity contribution in [2.24, 2.45) is 5.73 Å².